The van der Waals surface area contributed by atoms with E-state index >= 15 is 0 Å². The van der Waals surface area contributed by atoms with Crippen LogP contribution in [-0.4, -0.2) is 13.1 Å². The van der Waals surface area contributed by atoms with Gasteiger partial charge in [0.1, 0.15) is 0 Å². The Bertz CT molecular complexity index is 421. The number of hydrogen-bond acceptors (Lipinski definition) is 2. The first-order valence-electron chi connectivity index (χ1n) is 7.29. The van der Waals surface area contributed by atoms with Gasteiger partial charge in [-0.25, -0.2) is 0 Å². The van der Waals surface area contributed by atoms with E-state index in [1.54, 1.807) is 0 Å². The van der Waals surface area contributed by atoms with Gasteiger partial charge in [-0.3, -0.25) is 0 Å². The first-order chi connectivity index (χ1) is 8.99. The molecule has 1 fully saturated rings. The first kappa shape index (κ1) is 14.9. The highest BCUT2D eigenvalue weighted by Crippen LogP contribution is 2.33. The molecule has 1 saturated heterocycles. The summed E-state index contributed by atoms with van der Waals surface area (Å²) in [7, 11) is 0. The molecular weight excluding hydrogens is 300 g/mol. The molecule has 1 aliphatic rings. The van der Waals surface area contributed by atoms with Crippen LogP contribution in [0.3, 0.4) is 0 Å². The topological polar surface area (TPSA) is 29.3 Å². The molecule has 1 aliphatic heterocycles. The van der Waals surface area contributed by atoms with Gasteiger partial charge in [0.25, 0.3) is 0 Å². The standard InChI is InChI=1S/C16H25BrN2/c1-11(2)13-6-8-19(9-7-13)16-5-4-14(17)10-15(16)12(3)18/h4-5,10-13H,6-9,18H2,1-3H3. The molecule has 2 N–H and O–H groups in total. The van der Waals surface area contributed by atoms with E-state index in [0.717, 1.165) is 29.4 Å². The molecule has 106 valence electrons. The Morgan fingerprint density at radius 1 is 1.21 bits per heavy atom. The van der Waals surface area contributed by atoms with Gasteiger partial charge in [-0.15, -0.1) is 0 Å². The van der Waals surface area contributed by atoms with Crippen LogP contribution in [0, 0.1) is 11.8 Å². The third kappa shape index (κ3) is 3.51. The lowest BCUT2D eigenvalue weighted by atomic mass is 9.86. The third-order valence-corrected chi connectivity index (χ3v) is 4.80. The molecule has 19 heavy (non-hydrogen) atoms. The second kappa shape index (κ2) is 6.27. The molecule has 0 amide bonds. The van der Waals surface area contributed by atoms with E-state index in [2.05, 4.69) is 59.8 Å². The molecule has 1 aromatic rings. The van der Waals surface area contributed by atoms with E-state index in [1.807, 2.05) is 0 Å². The fourth-order valence-electron chi connectivity index (χ4n) is 2.99. The highest BCUT2D eigenvalue weighted by molar-refractivity contribution is 9.10. The maximum Gasteiger partial charge on any atom is 0.0415 e. The predicted octanol–water partition coefficient (Wildman–Crippen LogP) is 4.34. The monoisotopic (exact) mass is 324 g/mol. The lowest BCUT2D eigenvalue weighted by Crippen LogP contribution is -2.36. The van der Waals surface area contributed by atoms with Gasteiger partial charge >= 0.3 is 0 Å². The molecule has 0 saturated carbocycles. The third-order valence-electron chi connectivity index (χ3n) is 4.30. The van der Waals surface area contributed by atoms with Gasteiger partial charge in [0.2, 0.25) is 0 Å². The largest absolute Gasteiger partial charge is 0.371 e. The normalized spacial score (nSPS) is 18.9. The molecule has 2 rings (SSSR count). The van der Waals surface area contributed by atoms with Crippen molar-refractivity contribution in [3.8, 4) is 0 Å². The highest BCUT2D eigenvalue weighted by Gasteiger charge is 2.23. The van der Waals surface area contributed by atoms with E-state index in [0.29, 0.717) is 0 Å². The quantitative estimate of drug-likeness (QED) is 0.896. The van der Waals surface area contributed by atoms with Gasteiger partial charge in [0.15, 0.2) is 0 Å². The molecule has 1 heterocycles. The van der Waals surface area contributed by atoms with Crippen molar-refractivity contribution in [1.82, 2.24) is 0 Å². The van der Waals surface area contributed by atoms with Gasteiger partial charge in [0, 0.05) is 29.3 Å². The van der Waals surface area contributed by atoms with Crippen molar-refractivity contribution in [3.63, 3.8) is 0 Å². The summed E-state index contributed by atoms with van der Waals surface area (Å²) in [5.41, 5.74) is 8.69. The molecule has 1 atom stereocenters. The van der Waals surface area contributed by atoms with E-state index in [9.17, 15) is 0 Å². The number of piperidine rings is 1. The van der Waals surface area contributed by atoms with Crippen LogP contribution >= 0.6 is 15.9 Å². The van der Waals surface area contributed by atoms with Crippen molar-refractivity contribution >= 4 is 21.6 Å². The summed E-state index contributed by atoms with van der Waals surface area (Å²) in [5, 5.41) is 0. The van der Waals surface area contributed by atoms with Crippen LogP contribution in [0.2, 0.25) is 0 Å². The minimum Gasteiger partial charge on any atom is -0.371 e. The Morgan fingerprint density at radius 3 is 2.37 bits per heavy atom. The van der Waals surface area contributed by atoms with Gasteiger partial charge < -0.3 is 10.6 Å². The molecule has 2 nitrogen and oxygen atoms in total. The van der Waals surface area contributed by atoms with Crippen LogP contribution in [-0.2, 0) is 0 Å². The Hall–Kier alpha value is -0.540. The molecule has 0 aliphatic carbocycles. The number of nitrogens with two attached hydrogens (primary N) is 1. The van der Waals surface area contributed by atoms with Gasteiger partial charge in [-0.05, 0) is 55.4 Å². The second-order valence-corrected chi connectivity index (χ2v) is 6.98. The summed E-state index contributed by atoms with van der Waals surface area (Å²) in [4.78, 5) is 2.50. The zero-order chi connectivity index (χ0) is 14.0. The number of benzene rings is 1. The van der Waals surface area contributed by atoms with Gasteiger partial charge in [0.05, 0.1) is 0 Å². The summed E-state index contributed by atoms with van der Waals surface area (Å²) >= 11 is 3.54. The Labute approximate surface area is 125 Å². The van der Waals surface area contributed by atoms with Crippen LogP contribution < -0.4 is 10.6 Å². The van der Waals surface area contributed by atoms with Crippen LogP contribution in [0.1, 0.15) is 45.2 Å². The minimum absolute atomic E-state index is 0.0790. The predicted molar refractivity (Wildman–Crippen MR) is 86.5 cm³/mol. The van der Waals surface area contributed by atoms with Crippen molar-refractivity contribution in [1.29, 1.82) is 0 Å². The maximum atomic E-state index is 6.12. The SMILES string of the molecule is CC(N)c1cc(Br)ccc1N1CCC(C(C)C)CC1. The molecule has 1 aromatic carbocycles. The van der Waals surface area contributed by atoms with E-state index in [4.69, 9.17) is 5.73 Å². The summed E-state index contributed by atoms with van der Waals surface area (Å²) < 4.78 is 1.11. The van der Waals surface area contributed by atoms with Crippen LogP contribution in [0.5, 0.6) is 0 Å². The lowest BCUT2D eigenvalue weighted by molar-refractivity contribution is 0.311. The lowest BCUT2D eigenvalue weighted by Gasteiger charge is -2.36. The zero-order valence-corrected chi connectivity index (χ0v) is 13.8. The van der Waals surface area contributed by atoms with Gasteiger partial charge in [-0.2, -0.15) is 0 Å². The average Bonchev–Trinajstić information content (AvgIpc) is 2.38. The molecule has 0 radical (unpaired) electrons. The van der Waals surface area contributed by atoms with Crippen molar-refractivity contribution in [3.05, 3.63) is 28.2 Å². The summed E-state index contributed by atoms with van der Waals surface area (Å²) in [5.74, 6) is 1.69. The Kier molecular flexibility index (Phi) is 4.91. The molecule has 1 unspecified atom stereocenters. The zero-order valence-electron chi connectivity index (χ0n) is 12.2. The molecule has 0 bridgehead atoms. The van der Waals surface area contributed by atoms with Crippen molar-refractivity contribution in [2.24, 2.45) is 17.6 Å². The Morgan fingerprint density at radius 2 is 1.84 bits per heavy atom. The molecule has 0 aromatic heterocycles. The number of hydrogen-bond donors (Lipinski definition) is 1. The number of nitrogens with zero attached hydrogens (tertiary/aromatic N) is 1. The molecular formula is C16H25BrN2. The fourth-order valence-corrected chi connectivity index (χ4v) is 3.36. The van der Waals surface area contributed by atoms with E-state index in [-0.39, 0.29) is 6.04 Å². The molecule has 3 heteroatoms. The number of halogens is 1. The summed E-state index contributed by atoms with van der Waals surface area (Å²) in [6, 6.07) is 6.57. The minimum atomic E-state index is 0.0790. The highest BCUT2D eigenvalue weighted by atomic mass is 79.9. The van der Waals surface area contributed by atoms with Crippen LogP contribution in [0.25, 0.3) is 0 Å². The van der Waals surface area contributed by atoms with Crippen molar-refractivity contribution in [2.45, 2.75) is 39.7 Å². The smallest absolute Gasteiger partial charge is 0.0415 e. The van der Waals surface area contributed by atoms with E-state index in [1.165, 1.54) is 24.1 Å². The fraction of sp³-hybridized carbons (Fsp3) is 0.625. The molecule has 0 spiro atoms. The van der Waals surface area contributed by atoms with E-state index < -0.39 is 0 Å². The number of rotatable bonds is 3. The average molecular weight is 325 g/mol. The van der Waals surface area contributed by atoms with Crippen molar-refractivity contribution in [2.75, 3.05) is 18.0 Å². The second-order valence-electron chi connectivity index (χ2n) is 6.06. The summed E-state index contributed by atoms with van der Waals surface area (Å²) in [6.45, 7) is 9.06. The summed E-state index contributed by atoms with van der Waals surface area (Å²) in [6.07, 6.45) is 2.60. The van der Waals surface area contributed by atoms with Crippen LogP contribution in [0.4, 0.5) is 5.69 Å². The number of anilines is 1. The van der Waals surface area contributed by atoms with Crippen LogP contribution in [0.15, 0.2) is 22.7 Å². The Balaban J connectivity index is 2.15. The first-order valence-corrected chi connectivity index (χ1v) is 8.08. The van der Waals surface area contributed by atoms with Gasteiger partial charge in [-0.1, -0.05) is 29.8 Å². The maximum absolute atomic E-state index is 6.12. The van der Waals surface area contributed by atoms with Crippen molar-refractivity contribution < 1.29 is 0 Å².